The first-order valence-electron chi connectivity index (χ1n) is 21.6. The van der Waals surface area contributed by atoms with E-state index in [-0.39, 0.29) is 44.2 Å². The van der Waals surface area contributed by atoms with E-state index in [1.807, 2.05) is 110 Å². The van der Waals surface area contributed by atoms with Crippen LogP contribution in [0.3, 0.4) is 0 Å². The van der Waals surface area contributed by atoms with E-state index in [4.69, 9.17) is 4.74 Å². The molecule has 4 aromatic rings. The van der Waals surface area contributed by atoms with Gasteiger partial charge in [-0.2, -0.15) is 5.53 Å². The van der Waals surface area contributed by atoms with Gasteiger partial charge in [0, 0.05) is 25.4 Å². The summed E-state index contributed by atoms with van der Waals surface area (Å²) in [7, 11) is 0. The molecule has 3 unspecified atom stereocenters. The minimum absolute atomic E-state index is 0.119. The van der Waals surface area contributed by atoms with E-state index in [1.165, 1.54) is 15.1 Å². The Morgan fingerprint density at radius 1 is 0.762 bits per heavy atom. The van der Waals surface area contributed by atoms with E-state index in [9.17, 15) is 34.2 Å². The first-order valence-corrected chi connectivity index (χ1v) is 21.6. The van der Waals surface area contributed by atoms with Gasteiger partial charge in [0.25, 0.3) is 0 Å². The van der Waals surface area contributed by atoms with Crippen molar-refractivity contribution in [3.63, 3.8) is 0 Å². The third-order valence-electron chi connectivity index (χ3n) is 11.0. The highest BCUT2D eigenvalue weighted by Gasteiger charge is 2.33. The highest BCUT2D eigenvalue weighted by molar-refractivity contribution is 5.83. The average molecular weight is 862 g/mol. The predicted molar refractivity (Wildman–Crippen MR) is 234 cm³/mol. The number of aliphatic carboxylic acids is 2. The van der Waals surface area contributed by atoms with E-state index < -0.39 is 54.4 Å². The van der Waals surface area contributed by atoms with Crippen LogP contribution in [0.1, 0.15) is 96.0 Å². The number of nitrogens with zero attached hydrogens (tertiary/aromatic N) is 3. The molecule has 2 amide bonds. The maximum atomic E-state index is 14.0. The van der Waals surface area contributed by atoms with E-state index in [0.717, 1.165) is 45.4 Å². The van der Waals surface area contributed by atoms with Gasteiger partial charge < -0.3 is 29.4 Å². The Labute approximate surface area is 369 Å². The standard InChI is InChI=1S/C48H61N7O8/c1-6-8-18-42(56)53(45(32(3)4)47(60)61)31-35-21-25-38(26-22-35)40-16-12-13-17-41(40)46-49-51-55(50-46)52-54(43(57)27-28-44(58)59)39(29-33(5)48(62)63-7-2)30-34-19-23-37(24-20-34)36-14-10-9-11-15-36/h9-17,19-26,32-33,39,45-46,49-52H,6-8,18,27-31H2,1-5H3,(H,58,59)(H,60,61)/p-2/t33-,39?,45?,46?/m1/s1. The molecule has 1 aliphatic heterocycles. The molecule has 0 aromatic heterocycles. The number of benzene rings is 4. The highest BCUT2D eigenvalue weighted by Crippen LogP contribution is 2.30. The quantitative estimate of drug-likeness (QED) is 0.0615. The van der Waals surface area contributed by atoms with Crippen LogP contribution in [-0.4, -0.2) is 63.5 Å². The molecule has 63 heavy (non-hydrogen) atoms. The average Bonchev–Trinajstić information content (AvgIpc) is 3.75. The zero-order valence-corrected chi connectivity index (χ0v) is 36.7. The molecule has 4 aromatic carbocycles. The molecule has 1 heterocycles. The fraction of sp³-hybridized carbons (Fsp3) is 0.396. The third kappa shape index (κ3) is 13.5. The van der Waals surface area contributed by atoms with Crippen LogP contribution in [0.4, 0.5) is 0 Å². The van der Waals surface area contributed by atoms with E-state index >= 15 is 0 Å². The lowest BCUT2D eigenvalue weighted by Crippen LogP contribution is -2.62. The number of carboxylic acids is 2. The lowest BCUT2D eigenvalue weighted by Gasteiger charge is -2.36. The van der Waals surface area contributed by atoms with Crippen LogP contribution in [0, 0.1) is 11.8 Å². The maximum absolute atomic E-state index is 14.0. The fourth-order valence-electron chi connectivity index (χ4n) is 7.68. The van der Waals surface area contributed by atoms with E-state index in [1.54, 1.807) is 27.7 Å². The summed E-state index contributed by atoms with van der Waals surface area (Å²) in [4.78, 5) is 65.2. The second-order valence-electron chi connectivity index (χ2n) is 16.1. The smallest absolute Gasteiger partial charge is 0.308 e. The van der Waals surface area contributed by atoms with Gasteiger partial charge in [0.1, 0.15) is 6.17 Å². The van der Waals surface area contributed by atoms with Crippen LogP contribution in [0.15, 0.2) is 103 Å². The molecule has 1 fully saturated rings. The molecule has 0 spiro atoms. The zero-order valence-electron chi connectivity index (χ0n) is 36.7. The Bertz CT molecular complexity index is 2130. The molecule has 15 nitrogen and oxygen atoms in total. The fourth-order valence-corrected chi connectivity index (χ4v) is 7.68. The summed E-state index contributed by atoms with van der Waals surface area (Å²) < 4.78 is 5.32. The molecule has 4 N–H and O–H groups in total. The van der Waals surface area contributed by atoms with Crippen molar-refractivity contribution < 1.29 is 38.9 Å². The molecular weight excluding hydrogens is 803 g/mol. The number of hydrogen-bond donors (Lipinski definition) is 4. The molecule has 5 rings (SSSR count). The summed E-state index contributed by atoms with van der Waals surface area (Å²) >= 11 is 0. The molecule has 1 saturated heterocycles. The number of unbranched alkanes of at least 4 members (excludes halogenated alkanes) is 1. The Morgan fingerprint density at radius 2 is 1.40 bits per heavy atom. The number of carbonyl (C=O) groups excluding carboxylic acids is 5. The number of amides is 2. The van der Waals surface area contributed by atoms with Gasteiger partial charge in [-0.25, -0.2) is 10.9 Å². The molecule has 336 valence electrons. The van der Waals surface area contributed by atoms with Gasteiger partial charge in [-0.15, -0.1) is 5.53 Å². The second kappa shape index (κ2) is 23.5. The Kier molecular flexibility index (Phi) is 17.9. The van der Waals surface area contributed by atoms with Gasteiger partial charge in [0.15, 0.2) is 0 Å². The van der Waals surface area contributed by atoms with Crippen molar-refractivity contribution in [2.45, 2.75) is 104 Å². The van der Waals surface area contributed by atoms with Crippen molar-refractivity contribution in [2.75, 3.05) is 6.61 Å². The number of rotatable bonds is 23. The van der Waals surface area contributed by atoms with Gasteiger partial charge in [-0.3, -0.25) is 19.4 Å². The van der Waals surface area contributed by atoms with Crippen LogP contribution in [0.2, 0.25) is 0 Å². The van der Waals surface area contributed by atoms with Gasteiger partial charge in [0.05, 0.1) is 30.6 Å². The normalized spacial score (nSPS) is 15.4. The summed E-state index contributed by atoms with van der Waals surface area (Å²) in [6.07, 6.45) is 0.835. The number of nitrogens with one attached hydrogen (secondary N) is 4. The van der Waals surface area contributed by atoms with Crippen LogP contribution in [0.5, 0.6) is 0 Å². The van der Waals surface area contributed by atoms with Gasteiger partial charge >= 0.3 is 5.97 Å². The van der Waals surface area contributed by atoms with E-state index in [0.29, 0.717) is 12.8 Å². The summed E-state index contributed by atoms with van der Waals surface area (Å²) in [5.41, 5.74) is 18.9. The molecule has 0 bridgehead atoms. The number of hydrogen-bond acceptors (Lipinski definition) is 13. The minimum Gasteiger partial charge on any atom is -0.550 e. The molecule has 15 heteroatoms. The number of carboxylic acid groups (broad SMARTS) is 2. The number of carbonyl (C=O) groups is 5. The summed E-state index contributed by atoms with van der Waals surface area (Å²) in [6.45, 7) is 9.29. The van der Waals surface area contributed by atoms with Gasteiger partial charge in [-0.1, -0.05) is 142 Å². The van der Waals surface area contributed by atoms with Crippen LogP contribution >= 0.6 is 0 Å². The third-order valence-corrected chi connectivity index (χ3v) is 11.0. The van der Waals surface area contributed by atoms with Crippen LogP contribution in [-0.2, 0) is 41.7 Å². The summed E-state index contributed by atoms with van der Waals surface area (Å²) in [5.74, 6) is -4.76. The lowest BCUT2D eigenvalue weighted by molar-refractivity contribution is -0.313. The second-order valence-corrected chi connectivity index (χ2v) is 16.1. The monoisotopic (exact) mass is 861 g/mol. The topological polar surface area (TPSA) is 199 Å². The maximum Gasteiger partial charge on any atom is 0.308 e. The van der Waals surface area contributed by atoms with Crippen molar-refractivity contribution in [3.05, 3.63) is 120 Å². The largest absolute Gasteiger partial charge is 0.550 e. The summed E-state index contributed by atoms with van der Waals surface area (Å²) in [5, 5.41) is 26.4. The minimum atomic E-state index is -1.37. The van der Waals surface area contributed by atoms with Crippen molar-refractivity contribution >= 4 is 29.7 Å². The van der Waals surface area contributed by atoms with Gasteiger partial charge in [0.2, 0.25) is 11.8 Å². The van der Waals surface area contributed by atoms with Crippen molar-refractivity contribution in [1.82, 2.24) is 37.1 Å². The van der Waals surface area contributed by atoms with Crippen molar-refractivity contribution in [2.24, 2.45) is 11.8 Å². The van der Waals surface area contributed by atoms with Crippen LogP contribution < -0.4 is 32.1 Å². The molecule has 1 aliphatic rings. The molecule has 4 atom stereocenters. The Balaban J connectivity index is 1.37. The first kappa shape index (κ1) is 48.1. The number of hydrazine groups is 5. The Morgan fingerprint density at radius 3 is 2.03 bits per heavy atom. The summed E-state index contributed by atoms with van der Waals surface area (Å²) in [6, 6.07) is 31.5. The lowest BCUT2D eigenvalue weighted by atomic mass is 9.94. The van der Waals surface area contributed by atoms with Crippen molar-refractivity contribution in [3.8, 4) is 22.3 Å². The molecule has 0 radical (unpaired) electrons. The molecular formula is C48H59N7O8-2. The van der Waals surface area contributed by atoms with Crippen molar-refractivity contribution in [1.29, 1.82) is 0 Å². The highest BCUT2D eigenvalue weighted by atomic mass is 16.5. The van der Waals surface area contributed by atoms with Crippen LogP contribution in [0.25, 0.3) is 22.3 Å². The van der Waals surface area contributed by atoms with E-state index in [2.05, 4.69) is 21.9 Å². The SMILES string of the molecule is CCCCC(=O)N(Cc1ccc(-c2ccccc2C2NNN(NN(C(=O)CCC(=O)[O-])C(Cc3ccc(-c4ccccc4)cc3)C[C@@H](C)C(=O)OCC)N2)cc1)C(C(=O)[O-])C(C)C. The molecule has 0 saturated carbocycles. The number of ether oxygens (including phenoxy) is 1. The number of esters is 1. The Hall–Kier alpha value is -5.97. The first-order chi connectivity index (χ1) is 30.3. The zero-order chi connectivity index (χ0) is 45.5. The predicted octanol–water partition coefficient (Wildman–Crippen LogP) is 4.12. The molecule has 0 aliphatic carbocycles. The van der Waals surface area contributed by atoms with Gasteiger partial charge in [-0.05, 0) is 77.5 Å².